The van der Waals surface area contributed by atoms with Gasteiger partial charge in [0, 0.05) is 5.75 Å². The zero-order valence-electron chi connectivity index (χ0n) is 17.5. The highest BCUT2D eigenvalue weighted by molar-refractivity contribution is 8.00. The van der Waals surface area contributed by atoms with Crippen molar-refractivity contribution in [3.8, 4) is 0 Å². The molecule has 2 heterocycles. The van der Waals surface area contributed by atoms with Crippen molar-refractivity contribution in [3.05, 3.63) is 47.5 Å². The van der Waals surface area contributed by atoms with Crippen molar-refractivity contribution in [1.82, 2.24) is 10.2 Å². The Bertz CT molecular complexity index is 868. The summed E-state index contributed by atoms with van der Waals surface area (Å²) < 4.78 is 10.4. The van der Waals surface area contributed by atoms with Gasteiger partial charge in [0.2, 0.25) is 5.91 Å². The first-order valence-corrected chi connectivity index (χ1v) is 11.1. The van der Waals surface area contributed by atoms with Crippen LogP contribution in [0.5, 0.6) is 0 Å². The fourth-order valence-corrected chi connectivity index (χ4v) is 4.63. The molecule has 1 aromatic carbocycles. The quantitative estimate of drug-likeness (QED) is 0.403. The van der Waals surface area contributed by atoms with Gasteiger partial charge in [-0.2, -0.15) is 0 Å². The number of carbonyl (C=O) groups is 4. The summed E-state index contributed by atoms with van der Waals surface area (Å²) in [5.41, 5.74) is 1.87. The molecule has 0 bridgehead atoms. The minimum Gasteiger partial charge on any atom is -0.461 e. The van der Waals surface area contributed by atoms with Crippen LogP contribution < -0.4 is 5.32 Å². The van der Waals surface area contributed by atoms with Crippen LogP contribution in [0, 0.1) is 5.92 Å². The topological polar surface area (TPSA) is 102 Å². The lowest BCUT2D eigenvalue weighted by molar-refractivity contribution is -0.166. The molecule has 0 aliphatic carbocycles. The maximum absolute atomic E-state index is 12.5. The van der Waals surface area contributed by atoms with E-state index in [1.54, 1.807) is 6.08 Å². The number of cyclic esters (lactones) is 1. The van der Waals surface area contributed by atoms with Crippen LogP contribution in [-0.4, -0.2) is 59.2 Å². The average molecular weight is 447 g/mol. The van der Waals surface area contributed by atoms with Gasteiger partial charge < -0.3 is 14.8 Å². The van der Waals surface area contributed by atoms with Gasteiger partial charge in [0.1, 0.15) is 18.0 Å². The summed E-state index contributed by atoms with van der Waals surface area (Å²) in [6, 6.07) is 8.52. The third-order valence-electron chi connectivity index (χ3n) is 4.96. The van der Waals surface area contributed by atoms with Crippen molar-refractivity contribution in [2.24, 2.45) is 5.92 Å². The number of benzene rings is 1. The van der Waals surface area contributed by atoms with Gasteiger partial charge in [-0.1, -0.05) is 35.9 Å². The van der Waals surface area contributed by atoms with Crippen LogP contribution in [-0.2, 0) is 35.1 Å². The molecule has 0 unspecified atom stereocenters. The monoisotopic (exact) mass is 446 g/mol. The number of nitrogens with zero attached hydrogens (tertiary/aromatic N) is 1. The third-order valence-corrected chi connectivity index (χ3v) is 6.42. The zero-order chi connectivity index (χ0) is 22.4. The van der Waals surface area contributed by atoms with E-state index >= 15 is 0 Å². The Kier molecular flexibility index (Phi) is 7.73. The number of ether oxygens (including phenoxy) is 2. The van der Waals surface area contributed by atoms with Gasteiger partial charge in [0.15, 0.2) is 6.73 Å². The summed E-state index contributed by atoms with van der Waals surface area (Å²) in [6.07, 6.45) is 1.83. The van der Waals surface area contributed by atoms with Crippen molar-refractivity contribution in [2.75, 3.05) is 19.1 Å². The summed E-state index contributed by atoms with van der Waals surface area (Å²) in [4.78, 5) is 50.8. The zero-order valence-corrected chi connectivity index (χ0v) is 18.4. The molecule has 0 radical (unpaired) electrons. The van der Waals surface area contributed by atoms with Crippen LogP contribution in [0.1, 0.15) is 25.8 Å². The number of amides is 2. The summed E-state index contributed by atoms with van der Waals surface area (Å²) in [5, 5.41) is 2.36. The van der Waals surface area contributed by atoms with Crippen LogP contribution in [0.2, 0.25) is 0 Å². The molecule has 31 heavy (non-hydrogen) atoms. The number of nitrogens with one attached hydrogen (secondary N) is 1. The Morgan fingerprint density at radius 1 is 1.26 bits per heavy atom. The summed E-state index contributed by atoms with van der Waals surface area (Å²) in [5.74, 6) is -2.02. The lowest BCUT2D eigenvalue weighted by Gasteiger charge is -2.45. The lowest BCUT2D eigenvalue weighted by Crippen LogP contribution is -2.69. The second-order valence-corrected chi connectivity index (χ2v) is 8.85. The Labute approximate surface area is 185 Å². The molecule has 2 amide bonds. The fourth-order valence-electron chi connectivity index (χ4n) is 3.22. The van der Waals surface area contributed by atoms with E-state index in [1.165, 1.54) is 16.7 Å². The molecule has 2 fully saturated rings. The highest BCUT2D eigenvalue weighted by atomic mass is 32.2. The molecule has 2 aliphatic heterocycles. The van der Waals surface area contributed by atoms with Crippen LogP contribution in [0.4, 0.5) is 0 Å². The normalized spacial score (nSPS) is 23.2. The molecule has 1 aromatic rings. The number of allylic oxidation sites excluding steroid dienone is 1. The first-order valence-electron chi connectivity index (χ1n) is 10.1. The molecule has 1 N–H and O–H groups in total. The number of rotatable bonds is 6. The molecule has 3 rings (SSSR count). The molecule has 0 saturated carbocycles. The molecular formula is C22H26N2O6S. The number of thioether (sulfide) groups is 1. The molecule has 0 aromatic heterocycles. The molecule has 0 spiro atoms. The van der Waals surface area contributed by atoms with Gasteiger partial charge in [-0.3, -0.25) is 24.1 Å². The van der Waals surface area contributed by atoms with Gasteiger partial charge in [-0.15, -0.1) is 11.8 Å². The van der Waals surface area contributed by atoms with E-state index in [1.807, 2.05) is 44.2 Å². The first-order chi connectivity index (χ1) is 14.8. The highest BCUT2D eigenvalue weighted by Gasteiger charge is 2.50. The summed E-state index contributed by atoms with van der Waals surface area (Å²) in [7, 11) is 0. The smallest absolute Gasteiger partial charge is 0.310 e. The number of hydrogen-bond donors (Lipinski definition) is 1. The maximum atomic E-state index is 12.5. The van der Waals surface area contributed by atoms with Crippen molar-refractivity contribution in [1.29, 1.82) is 0 Å². The standard InChI is InChI=1S/C22H26N2O6S/c1-14(2)8-9-29-22(28)16-11-18(26)30-13-24-20(27)19(21(24)31-12-16)23-17(25)10-15-6-4-3-5-7-15/h3-8,16,19,21H,9-13H2,1-2H3,(H,23,25)/t16-,19+,21+/m0/s1. The molecular weight excluding hydrogens is 420 g/mol. The number of hydrogen-bond acceptors (Lipinski definition) is 7. The van der Waals surface area contributed by atoms with Gasteiger partial charge in [0.25, 0.3) is 5.91 Å². The second-order valence-electron chi connectivity index (χ2n) is 7.70. The minimum atomic E-state index is -0.722. The predicted octanol–water partition coefficient (Wildman–Crippen LogP) is 1.65. The van der Waals surface area contributed by atoms with Crippen LogP contribution in [0.15, 0.2) is 42.0 Å². The number of fused-ring (bicyclic) bond motifs is 1. The summed E-state index contributed by atoms with van der Waals surface area (Å²) >= 11 is 1.34. The lowest BCUT2D eigenvalue weighted by atomic mass is 10.1. The molecule has 9 heteroatoms. The molecule has 3 atom stereocenters. The number of esters is 2. The van der Waals surface area contributed by atoms with E-state index in [0.717, 1.165) is 11.1 Å². The first kappa shape index (κ1) is 22.9. The number of carbonyl (C=O) groups excluding carboxylic acids is 4. The number of β-lactam (4-membered cyclic amide) rings is 1. The van der Waals surface area contributed by atoms with Crippen molar-refractivity contribution in [3.63, 3.8) is 0 Å². The van der Waals surface area contributed by atoms with Crippen molar-refractivity contribution in [2.45, 2.75) is 38.1 Å². The Hall–Kier alpha value is -2.81. The third kappa shape index (κ3) is 6.10. The molecule has 2 aliphatic rings. The van der Waals surface area contributed by atoms with Crippen LogP contribution >= 0.6 is 11.8 Å². The van der Waals surface area contributed by atoms with Crippen molar-refractivity contribution < 1.29 is 28.7 Å². The Morgan fingerprint density at radius 2 is 2.00 bits per heavy atom. The van der Waals surface area contributed by atoms with E-state index in [9.17, 15) is 19.2 Å². The average Bonchev–Trinajstić information content (AvgIpc) is 2.80. The van der Waals surface area contributed by atoms with E-state index in [4.69, 9.17) is 9.47 Å². The van der Waals surface area contributed by atoms with E-state index in [-0.39, 0.29) is 43.7 Å². The largest absolute Gasteiger partial charge is 0.461 e. The van der Waals surface area contributed by atoms with E-state index in [0.29, 0.717) is 0 Å². The van der Waals surface area contributed by atoms with E-state index in [2.05, 4.69) is 5.32 Å². The SMILES string of the molecule is CC(C)=CCOC(=O)[C@@H]1CS[C@@H]2[C@H](NC(=O)Cc3ccccc3)C(=O)N2COC(=O)C1. The van der Waals surface area contributed by atoms with Crippen LogP contribution in [0.3, 0.4) is 0 Å². The molecule has 8 nitrogen and oxygen atoms in total. The van der Waals surface area contributed by atoms with Gasteiger partial charge in [0.05, 0.1) is 18.8 Å². The van der Waals surface area contributed by atoms with Gasteiger partial charge in [-0.05, 0) is 25.5 Å². The predicted molar refractivity (Wildman–Crippen MR) is 115 cm³/mol. The molecule has 166 valence electrons. The fraction of sp³-hybridized carbons (Fsp3) is 0.455. The maximum Gasteiger partial charge on any atom is 0.310 e. The minimum absolute atomic E-state index is 0.111. The van der Waals surface area contributed by atoms with Crippen LogP contribution in [0.25, 0.3) is 0 Å². The second kappa shape index (κ2) is 10.5. The summed E-state index contributed by atoms with van der Waals surface area (Å²) in [6.45, 7) is 3.74. The molecule has 2 saturated heterocycles. The van der Waals surface area contributed by atoms with Crippen molar-refractivity contribution >= 4 is 35.5 Å². The van der Waals surface area contributed by atoms with Gasteiger partial charge in [-0.25, -0.2) is 0 Å². The Balaban J connectivity index is 1.61. The Morgan fingerprint density at radius 3 is 2.71 bits per heavy atom. The van der Waals surface area contributed by atoms with Gasteiger partial charge >= 0.3 is 11.9 Å². The van der Waals surface area contributed by atoms with E-state index < -0.39 is 29.3 Å². The highest BCUT2D eigenvalue weighted by Crippen LogP contribution is 2.33.